The van der Waals surface area contributed by atoms with Crippen LogP contribution in [0.4, 0.5) is 0 Å². The molecule has 0 saturated heterocycles. The van der Waals surface area contributed by atoms with Crippen LogP contribution in [0, 0.1) is 0 Å². The number of carboxylic acid groups (broad SMARTS) is 1. The van der Waals surface area contributed by atoms with Crippen molar-refractivity contribution in [2.45, 2.75) is 6.54 Å². The van der Waals surface area contributed by atoms with Gasteiger partial charge in [-0.3, -0.25) is 4.79 Å². The Morgan fingerprint density at radius 1 is 1.21 bits per heavy atom. The zero-order valence-corrected chi connectivity index (χ0v) is 16.6. The van der Waals surface area contributed by atoms with Crippen molar-refractivity contribution in [2.75, 3.05) is 21.2 Å². The number of rotatable bonds is 7. The van der Waals surface area contributed by atoms with Gasteiger partial charge >= 0.3 is 5.97 Å². The highest BCUT2D eigenvalue weighted by Gasteiger charge is 2.20. The average Bonchev–Trinajstić information content (AvgIpc) is 2.68. The molecule has 2 aromatic rings. The van der Waals surface area contributed by atoms with E-state index in [1.165, 1.54) is 30.2 Å². The van der Waals surface area contributed by atoms with Gasteiger partial charge in [0.1, 0.15) is 11.4 Å². The Morgan fingerprint density at radius 3 is 2.46 bits per heavy atom. The summed E-state index contributed by atoms with van der Waals surface area (Å²) in [6, 6.07) is 11.5. The molecule has 1 amide bonds. The molecule has 148 valence electrons. The Labute approximate surface area is 168 Å². The quantitative estimate of drug-likeness (QED) is 0.613. The molecular weight excluding hydrogens is 382 g/mol. The van der Waals surface area contributed by atoms with Crippen LogP contribution in [0.15, 0.2) is 48.2 Å². The molecule has 0 atom stereocenters. The lowest BCUT2D eigenvalue weighted by atomic mass is 10.1. The van der Waals surface area contributed by atoms with E-state index in [0.717, 1.165) is 5.56 Å². The number of hydrogen-bond donors (Lipinski definition) is 3. The molecule has 28 heavy (non-hydrogen) atoms. The van der Waals surface area contributed by atoms with Gasteiger partial charge in [-0.2, -0.15) is 0 Å². The zero-order chi connectivity index (χ0) is 20.8. The van der Waals surface area contributed by atoms with Crippen LogP contribution in [0.25, 0.3) is 5.70 Å². The highest BCUT2D eigenvalue weighted by molar-refractivity contribution is 6.31. The summed E-state index contributed by atoms with van der Waals surface area (Å²) in [6.07, 6.45) is 0. The predicted molar refractivity (Wildman–Crippen MR) is 108 cm³/mol. The summed E-state index contributed by atoms with van der Waals surface area (Å²) in [4.78, 5) is 25.3. The molecule has 0 bridgehead atoms. The maximum Gasteiger partial charge on any atom is 0.335 e. The van der Waals surface area contributed by atoms with Crippen molar-refractivity contribution in [2.24, 2.45) is 5.73 Å². The van der Waals surface area contributed by atoms with Crippen molar-refractivity contribution in [3.8, 4) is 5.75 Å². The Morgan fingerprint density at radius 2 is 1.89 bits per heavy atom. The van der Waals surface area contributed by atoms with Gasteiger partial charge in [-0.1, -0.05) is 29.8 Å². The molecule has 0 fully saturated rings. The molecule has 8 heteroatoms. The molecule has 7 nitrogen and oxygen atoms in total. The Hall–Kier alpha value is -3.19. The molecule has 2 rings (SSSR count). The largest absolute Gasteiger partial charge is 0.496 e. The maximum atomic E-state index is 12.7. The number of ether oxygens (including phenoxy) is 1. The predicted octanol–water partition coefficient (Wildman–Crippen LogP) is 2.55. The van der Waals surface area contributed by atoms with Crippen LogP contribution < -0.4 is 15.8 Å². The van der Waals surface area contributed by atoms with Gasteiger partial charge in [-0.05, 0) is 29.8 Å². The molecule has 0 aliphatic heterocycles. The third-order valence-corrected chi connectivity index (χ3v) is 4.41. The second-order valence-corrected chi connectivity index (χ2v) is 6.56. The standard InChI is InChI=1S/C20H22ClN3O4/c1-24(2)19(25)18(23-11-13-6-4-5-7-15(13)21)17(22)14-9-8-12(20(26)27)10-16(14)28-3/h4-10,23H,11,22H2,1-3H3,(H,26,27)/b18-17-. The molecule has 0 unspecified atom stereocenters. The van der Waals surface area contributed by atoms with E-state index in [1.54, 1.807) is 20.2 Å². The van der Waals surface area contributed by atoms with Crippen molar-refractivity contribution in [3.63, 3.8) is 0 Å². The molecule has 0 aromatic heterocycles. The molecule has 0 spiro atoms. The van der Waals surface area contributed by atoms with Gasteiger partial charge in [0.05, 0.1) is 18.4 Å². The van der Waals surface area contributed by atoms with Crippen LogP contribution in [0.2, 0.25) is 5.02 Å². The minimum atomic E-state index is -1.09. The lowest BCUT2D eigenvalue weighted by Gasteiger charge is -2.19. The van der Waals surface area contributed by atoms with E-state index in [9.17, 15) is 9.59 Å². The number of hydrogen-bond acceptors (Lipinski definition) is 5. The topological polar surface area (TPSA) is 105 Å². The molecule has 0 saturated carbocycles. The van der Waals surface area contributed by atoms with E-state index in [4.69, 9.17) is 27.2 Å². The van der Waals surface area contributed by atoms with Gasteiger partial charge in [-0.25, -0.2) is 4.79 Å². The van der Waals surface area contributed by atoms with Gasteiger partial charge in [0, 0.05) is 31.2 Å². The smallest absolute Gasteiger partial charge is 0.335 e. The van der Waals surface area contributed by atoms with Crippen LogP contribution in [-0.4, -0.2) is 43.1 Å². The number of carbonyl (C=O) groups excluding carboxylic acids is 1. The number of halogens is 1. The minimum absolute atomic E-state index is 0.0536. The molecule has 0 heterocycles. The van der Waals surface area contributed by atoms with E-state index in [0.29, 0.717) is 10.6 Å². The number of benzene rings is 2. The molecule has 0 aliphatic carbocycles. The summed E-state index contributed by atoms with van der Waals surface area (Å²) in [5.74, 6) is -1.18. The summed E-state index contributed by atoms with van der Waals surface area (Å²) in [5, 5.41) is 12.8. The maximum absolute atomic E-state index is 12.7. The number of likely N-dealkylation sites (N-methyl/N-ethyl adjacent to an activating group) is 1. The van der Waals surface area contributed by atoms with E-state index in [1.807, 2.05) is 18.2 Å². The lowest BCUT2D eigenvalue weighted by Crippen LogP contribution is -2.33. The van der Waals surface area contributed by atoms with Crippen LogP contribution in [0.1, 0.15) is 21.5 Å². The van der Waals surface area contributed by atoms with Crippen molar-refractivity contribution in [1.29, 1.82) is 0 Å². The van der Waals surface area contributed by atoms with Crippen molar-refractivity contribution in [1.82, 2.24) is 10.2 Å². The average molecular weight is 404 g/mol. The van der Waals surface area contributed by atoms with E-state index >= 15 is 0 Å². The second kappa shape index (κ2) is 9.14. The molecular formula is C20H22ClN3O4. The highest BCUT2D eigenvalue weighted by atomic mass is 35.5. The number of nitrogens with two attached hydrogens (primary N) is 1. The van der Waals surface area contributed by atoms with Gasteiger partial charge in [0.2, 0.25) is 0 Å². The highest BCUT2D eigenvalue weighted by Crippen LogP contribution is 2.27. The normalized spacial score (nSPS) is 11.4. The number of methoxy groups -OCH3 is 1. The lowest BCUT2D eigenvalue weighted by molar-refractivity contribution is -0.125. The number of carboxylic acids is 1. The minimum Gasteiger partial charge on any atom is -0.496 e. The summed E-state index contributed by atoms with van der Waals surface area (Å²) in [6.45, 7) is 0.283. The van der Waals surface area contributed by atoms with Crippen LogP contribution >= 0.6 is 11.6 Å². The zero-order valence-electron chi connectivity index (χ0n) is 15.8. The molecule has 0 aliphatic rings. The Kier molecular flexibility index (Phi) is 6.89. The monoisotopic (exact) mass is 403 g/mol. The number of amides is 1. The Balaban J connectivity index is 2.49. The van der Waals surface area contributed by atoms with Crippen molar-refractivity contribution >= 4 is 29.2 Å². The summed E-state index contributed by atoms with van der Waals surface area (Å²) in [5.41, 5.74) is 7.85. The van der Waals surface area contributed by atoms with Gasteiger partial charge in [0.25, 0.3) is 5.91 Å². The first-order chi connectivity index (χ1) is 13.3. The van der Waals surface area contributed by atoms with Gasteiger partial charge in [-0.15, -0.1) is 0 Å². The molecule has 2 aromatic carbocycles. The van der Waals surface area contributed by atoms with Crippen LogP contribution in [-0.2, 0) is 11.3 Å². The fourth-order valence-electron chi connectivity index (χ4n) is 2.52. The third kappa shape index (κ3) is 4.75. The van der Waals surface area contributed by atoms with Crippen molar-refractivity contribution < 1.29 is 19.4 Å². The fraction of sp³-hybridized carbons (Fsp3) is 0.200. The third-order valence-electron chi connectivity index (χ3n) is 4.04. The van der Waals surface area contributed by atoms with Crippen LogP contribution in [0.3, 0.4) is 0 Å². The van der Waals surface area contributed by atoms with Gasteiger partial charge in [0.15, 0.2) is 0 Å². The summed E-state index contributed by atoms with van der Waals surface area (Å²) in [7, 11) is 4.62. The van der Waals surface area contributed by atoms with E-state index < -0.39 is 5.97 Å². The number of aromatic carboxylic acids is 1. The van der Waals surface area contributed by atoms with Crippen molar-refractivity contribution in [3.05, 3.63) is 69.9 Å². The van der Waals surface area contributed by atoms with E-state index in [-0.39, 0.29) is 35.2 Å². The second-order valence-electron chi connectivity index (χ2n) is 6.15. The number of carbonyl (C=O) groups is 2. The SMILES string of the molecule is COc1cc(C(=O)O)ccc1/C(N)=C(/NCc1ccccc1Cl)C(=O)N(C)C. The fourth-order valence-corrected chi connectivity index (χ4v) is 2.72. The Bertz CT molecular complexity index is 925. The number of nitrogens with one attached hydrogen (secondary N) is 1. The van der Waals surface area contributed by atoms with Gasteiger partial charge < -0.3 is 25.8 Å². The molecule has 0 radical (unpaired) electrons. The van der Waals surface area contributed by atoms with Crippen LogP contribution in [0.5, 0.6) is 5.75 Å². The first-order valence-corrected chi connectivity index (χ1v) is 8.74. The first kappa shape index (κ1) is 21.1. The number of nitrogens with zero attached hydrogens (tertiary/aromatic N) is 1. The first-order valence-electron chi connectivity index (χ1n) is 8.36. The molecule has 4 N–H and O–H groups in total. The summed E-state index contributed by atoms with van der Waals surface area (Å²) < 4.78 is 5.28. The van der Waals surface area contributed by atoms with E-state index in [2.05, 4.69) is 5.32 Å². The summed E-state index contributed by atoms with van der Waals surface area (Å²) >= 11 is 6.18.